The molecule has 1 heterocycles. The first-order valence-electron chi connectivity index (χ1n) is 11.3. The molecule has 0 bridgehead atoms. The number of sulfonamides is 1. The largest absolute Gasteiger partial charge is 0.497 e. The van der Waals surface area contributed by atoms with E-state index in [1.807, 2.05) is 19.1 Å². The lowest BCUT2D eigenvalue weighted by molar-refractivity contribution is -0.120. The van der Waals surface area contributed by atoms with Crippen LogP contribution < -0.4 is 28.6 Å². The van der Waals surface area contributed by atoms with Crippen LogP contribution in [0.25, 0.3) is 0 Å². The van der Waals surface area contributed by atoms with Crippen LogP contribution in [0.4, 0.5) is 5.69 Å². The number of amides is 1. The van der Waals surface area contributed by atoms with Crippen LogP contribution in [0.15, 0.2) is 71.6 Å². The Balaban J connectivity index is 1.60. The minimum Gasteiger partial charge on any atom is -0.497 e. The van der Waals surface area contributed by atoms with E-state index in [0.717, 1.165) is 9.87 Å². The van der Waals surface area contributed by atoms with Crippen LogP contribution in [0.3, 0.4) is 0 Å². The number of carbonyl (C=O) groups excluding carboxylic acids is 1. The van der Waals surface area contributed by atoms with Gasteiger partial charge in [0.1, 0.15) is 31.3 Å². The van der Waals surface area contributed by atoms with Gasteiger partial charge in [-0.05, 0) is 61.0 Å². The summed E-state index contributed by atoms with van der Waals surface area (Å²) in [4.78, 5) is 13.2. The summed E-state index contributed by atoms with van der Waals surface area (Å²) in [6.07, 6.45) is 0. The Bertz CT molecular complexity index is 1330. The molecular weight excluding hydrogens is 484 g/mol. The van der Waals surface area contributed by atoms with E-state index in [1.165, 1.54) is 26.4 Å². The summed E-state index contributed by atoms with van der Waals surface area (Å²) in [7, 11) is -1.18. The van der Waals surface area contributed by atoms with Crippen molar-refractivity contribution in [1.82, 2.24) is 5.32 Å². The molecule has 0 fully saturated rings. The maximum absolute atomic E-state index is 13.7. The highest BCUT2D eigenvalue weighted by Crippen LogP contribution is 2.34. The molecule has 36 heavy (non-hydrogen) atoms. The molecule has 0 aliphatic carbocycles. The van der Waals surface area contributed by atoms with Gasteiger partial charge < -0.3 is 24.3 Å². The second kappa shape index (κ2) is 10.8. The van der Waals surface area contributed by atoms with Crippen LogP contribution in [0, 0.1) is 0 Å². The number of carbonyl (C=O) groups is 1. The number of hydrogen-bond donors (Lipinski definition) is 1. The van der Waals surface area contributed by atoms with E-state index in [0.29, 0.717) is 36.2 Å². The first-order chi connectivity index (χ1) is 17.3. The molecule has 9 nitrogen and oxygen atoms in total. The normalized spacial score (nSPS) is 13.4. The van der Waals surface area contributed by atoms with Gasteiger partial charge in [0.25, 0.3) is 10.0 Å². The number of rotatable bonds is 9. The molecule has 1 aliphatic rings. The number of nitrogens with zero attached hydrogens (tertiary/aromatic N) is 1. The van der Waals surface area contributed by atoms with Crippen molar-refractivity contribution in [1.29, 1.82) is 0 Å². The highest BCUT2D eigenvalue weighted by molar-refractivity contribution is 7.92. The van der Waals surface area contributed by atoms with Crippen molar-refractivity contribution in [2.45, 2.75) is 17.9 Å². The first kappa shape index (κ1) is 25.2. The van der Waals surface area contributed by atoms with Crippen molar-refractivity contribution in [2.24, 2.45) is 0 Å². The zero-order chi connectivity index (χ0) is 25.7. The number of benzene rings is 3. The fourth-order valence-corrected chi connectivity index (χ4v) is 5.27. The highest BCUT2D eigenvalue weighted by Gasteiger charge is 2.30. The van der Waals surface area contributed by atoms with Gasteiger partial charge in [-0.15, -0.1) is 0 Å². The van der Waals surface area contributed by atoms with Crippen LogP contribution in [0.1, 0.15) is 18.5 Å². The van der Waals surface area contributed by atoms with Gasteiger partial charge in [-0.3, -0.25) is 9.10 Å². The van der Waals surface area contributed by atoms with E-state index >= 15 is 0 Å². The van der Waals surface area contributed by atoms with Crippen LogP contribution in [-0.4, -0.2) is 48.3 Å². The monoisotopic (exact) mass is 512 g/mol. The summed E-state index contributed by atoms with van der Waals surface area (Å²) in [5, 5.41) is 2.88. The van der Waals surface area contributed by atoms with Crippen LogP contribution in [-0.2, 0) is 14.8 Å². The zero-order valence-corrected chi connectivity index (χ0v) is 21.1. The van der Waals surface area contributed by atoms with Gasteiger partial charge >= 0.3 is 0 Å². The van der Waals surface area contributed by atoms with Crippen molar-refractivity contribution >= 4 is 21.6 Å². The van der Waals surface area contributed by atoms with E-state index in [-0.39, 0.29) is 10.6 Å². The SMILES string of the molecule is COc1ccc(S(=O)(=O)N(CC(=O)N[C@@H](C)c2ccc3c(c2)OCCO3)c2ccccc2OC)cc1. The number of fused-ring (bicyclic) bond motifs is 1. The summed E-state index contributed by atoms with van der Waals surface area (Å²) in [6.45, 7) is 2.30. The fraction of sp³-hybridized carbons (Fsp3) is 0.269. The molecule has 0 saturated heterocycles. The van der Waals surface area contributed by atoms with Gasteiger partial charge in [0, 0.05) is 0 Å². The average Bonchev–Trinajstić information content (AvgIpc) is 2.91. The maximum Gasteiger partial charge on any atom is 0.264 e. The molecule has 1 atom stereocenters. The topological polar surface area (TPSA) is 103 Å². The summed E-state index contributed by atoms with van der Waals surface area (Å²) >= 11 is 0. The smallest absolute Gasteiger partial charge is 0.264 e. The third kappa shape index (κ3) is 5.33. The van der Waals surface area contributed by atoms with Crippen LogP contribution in [0.2, 0.25) is 0 Å². The van der Waals surface area contributed by atoms with E-state index in [4.69, 9.17) is 18.9 Å². The summed E-state index contributed by atoms with van der Waals surface area (Å²) < 4.78 is 50.1. The van der Waals surface area contributed by atoms with Gasteiger partial charge in [-0.1, -0.05) is 18.2 Å². The van der Waals surface area contributed by atoms with E-state index in [1.54, 1.807) is 42.5 Å². The second-order valence-corrected chi connectivity index (χ2v) is 9.91. The van der Waals surface area contributed by atoms with Gasteiger partial charge in [0.05, 0.1) is 30.8 Å². The highest BCUT2D eigenvalue weighted by atomic mass is 32.2. The molecule has 3 aromatic rings. The summed E-state index contributed by atoms with van der Waals surface area (Å²) in [5.74, 6) is 1.61. The van der Waals surface area contributed by atoms with E-state index in [2.05, 4.69) is 5.32 Å². The number of ether oxygens (including phenoxy) is 4. The summed E-state index contributed by atoms with van der Waals surface area (Å²) in [6, 6.07) is 17.7. The van der Waals surface area contributed by atoms with E-state index in [9.17, 15) is 13.2 Å². The zero-order valence-electron chi connectivity index (χ0n) is 20.3. The van der Waals surface area contributed by atoms with Gasteiger partial charge in [-0.2, -0.15) is 0 Å². The average molecular weight is 513 g/mol. The van der Waals surface area contributed by atoms with Gasteiger partial charge in [-0.25, -0.2) is 8.42 Å². The number of nitrogens with one attached hydrogen (secondary N) is 1. The first-order valence-corrected chi connectivity index (χ1v) is 12.8. The Hall–Kier alpha value is -3.92. The lowest BCUT2D eigenvalue weighted by atomic mass is 10.1. The standard InChI is InChI=1S/C26H28N2O7S/c1-18(19-8-13-24-25(16-19)35-15-14-34-24)27-26(29)17-28(22-6-4-5-7-23(22)33-3)36(30,31)21-11-9-20(32-2)10-12-21/h4-13,16,18H,14-15,17H2,1-3H3,(H,27,29)/t18-/m0/s1. The Kier molecular flexibility index (Phi) is 7.54. The molecule has 1 aliphatic heterocycles. The number of para-hydroxylation sites is 2. The molecule has 190 valence electrons. The van der Waals surface area contributed by atoms with Crippen molar-refractivity contribution in [3.8, 4) is 23.0 Å². The maximum atomic E-state index is 13.7. The molecule has 1 N–H and O–H groups in total. The molecule has 4 rings (SSSR count). The molecule has 0 aromatic heterocycles. The number of methoxy groups -OCH3 is 2. The predicted octanol–water partition coefficient (Wildman–Crippen LogP) is 3.55. The van der Waals surface area contributed by atoms with E-state index < -0.39 is 28.5 Å². The molecule has 0 saturated carbocycles. The van der Waals surface area contributed by atoms with Crippen LogP contribution >= 0.6 is 0 Å². The fourth-order valence-electron chi connectivity index (χ4n) is 3.84. The molecule has 1 amide bonds. The third-order valence-electron chi connectivity index (χ3n) is 5.73. The Labute approximate surface area is 210 Å². The number of anilines is 1. The Morgan fingerprint density at radius 2 is 1.67 bits per heavy atom. The van der Waals surface area contributed by atoms with Crippen molar-refractivity contribution < 1.29 is 32.2 Å². The Morgan fingerprint density at radius 3 is 2.36 bits per heavy atom. The molecule has 0 spiro atoms. The quantitative estimate of drug-likeness (QED) is 0.468. The van der Waals surface area contributed by atoms with Crippen molar-refractivity contribution in [2.75, 3.05) is 38.3 Å². The minimum absolute atomic E-state index is 0.0156. The van der Waals surface area contributed by atoms with Gasteiger partial charge in [0.2, 0.25) is 5.91 Å². The Morgan fingerprint density at radius 1 is 0.972 bits per heavy atom. The lowest BCUT2D eigenvalue weighted by Crippen LogP contribution is -2.41. The predicted molar refractivity (Wildman–Crippen MR) is 135 cm³/mol. The minimum atomic E-state index is -4.12. The second-order valence-electron chi connectivity index (χ2n) is 8.05. The molecule has 0 unspecified atom stereocenters. The molecular formula is C26H28N2O7S. The van der Waals surface area contributed by atoms with Crippen LogP contribution in [0.5, 0.6) is 23.0 Å². The lowest BCUT2D eigenvalue weighted by Gasteiger charge is -2.26. The summed E-state index contributed by atoms with van der Waals surface area (Å²) in [5.41, 5.74) is 1.05. The molecule has 10 heteroatoms. The number of hydrogen-bond acceptors (Lipinski definition) is 7. The third-order valence-corrected chi connectivity index (χ3v) is 7.51. The van der Waals surface area contributed by atoms with Crippen molar-refractivity contribution in [3.63, 3.8) is 0 Å². The van der Waals surface area contributed by atoms with Crippen molar-refractivity contribution in [3.05, 3.63) is 72.3 Å². The van der Waals surface area contributed by atoms with Gasteiger partial charge in [0.15, 0.2) is 11.5 Å². The molecule has 3 aromatic carbocycles. The molecule has 0 radical (unpaired) electrons.